The van der Waals surface area contributed by atoms with Crippen molar-refractivity contribution < 1.29 is 4.79 Å². The van der Waals surface area contributed by atoms with Crippen molar-refractivity contribution in [3.63, 3.8) is 0 Å². The second-order valence-electron chi connectivity index (χ2n) is 5.83. The van der Waals surface area contributed by atoms with E-state index in [0.717, 1.165) is 23.4 Å². The monoisotopic (exact) mass is 326 g/mol. The lowest BCUT2D eigenvalue weighted by molar-refractivity contribution is 0.0681. The molecule has 2 N–H and O–H groups in total. The quantitative estimate of drug-likeness (QED) is 0.939. The van der Waals surface area contributed by atoms with Crippen molar-refractivity contribution in [2.75, 3.05) is 12.3 Å². The molecular formula is C19H22N2OS. The highest BCUT2D eigenvalue weighted by molar-refractivity contribution is 8.00. The van der Waals surface area contributed by atoms with Gasteiger partial charge in [0, 0.05) is 29.7 Å². The second-order valence-corrected chi connectivity index (χ2v) is 7.32. The summed E-state index contributed by atoms with van der Waals surface area (Å²) in [6, 6.07) is 18.1. The molecule has 1 saturated heterocycles. The Morgan fingerprint density at radius 1 is 1.17 bits per heavy atom. The number of hydrogen-bond acceptors (Lipinski definition) is 3. The van der Waals surface area contributed by atoms with Crippen molar-refractivity contribution in [3.05, 3.63) is 71.3 Å². The Kier molecular flexibility index (Phi) is 5.03. The minimum Gasteiger partial charge on any atom is -0.330 e. The first-order valence-electron chi connectivity index (χ1n) is 7.97. The molecule has 120 valence electrons. The summed E-state index contributed by atoms with van der Waals surface area (Å²) in [5.41, 5.74) is 8.63. The lowest BCUT2D eigenvalue weighted by Crippen LogP contribution is -2.43. The molecule has 1 aliphatic rings. The topological polar surface area (TPSA) is 46.3 Å². The van der Waals surface area contributed by atoms with Crippen molar-refractivity contribution in [2.24, 2.45) is 5.73 Å². The fraction of sp³-hybridized carbons (Fsp3) is 0.316. The molecule has 1 amide bonds. The minimum atomic E-state index is 0.106. The smallest absolute Gasteiger partial charge is 0.254 e. The van der Waals surface area contributed by atoms with Crippen LogP contribution in [0.15, 0.2) is 54.6 Å². The standard InChI is InChI=1S/C19H22N2OS/c1-14-18(16-5-3-2-4-6-16)21(11-12-23-14)19(22)17-9-7-15(13-20)8-10-17/h2-10,14,18H,11-13,20H2,1H3/t14-,18+/m1/s1. The maximum atomic E-state index is 13.0. The van der Waals surface area contributed by atoms with E-state index in [9.17, 15) is 4.79 Å². The molecule has 1 aliphatic heterocycles. The molecule has 0 saturated carbocycles. The minimum absolute atomic E-state index is 0.106. The lowest BCUT2D eigenvalue weighted by Gasteiger charge is -2.40. The van der Waals surface area contributed by atoms with Gasteiger partial charge in [-0.1, -0.05) is 49.4 Å². The number of rotatable bonds is 3. The van der Waals surface area contributed by atoms with Gasteiger partial charge >= 0.3 is 0 Å². The molecule has 2 aromatic carbocycles. The Balaban J connectivity index is 1.89. The summed E-state index contributed by atoms with van der Waals surface area (Å²) in [4.78, 5) is 15.0. The van der Waals surface area contributed by atoms with Crippen molar-refractivity contribution in [1.82, 2.24) is 4.90 Å². The fourth-order valence-electron chi connectivity index (χ4n) is 3.10. The third kappa shape index (κ3) is 3.43. The Bertz CT molecular complexity index is 657. The van der Waals surface area contributed by atoms with E-state index < -0.39 is 0 Å². The van der Waals surface area contributed by atoms with Gasteiger partial charge in [0.05, 0.1) is 6.04 Å². The Morgan fingerprint density at radius 2 is 1.87 bits per heavy atom. The predicted octanol–water partition coefficient (Wildman–Crippen LogP) is 3.46. The number of nitrogens with zero attached hydrogens (tertiary/aromatic N) is 1. The van der Waals surface area contributed by atoms with E-state index in [1.165, 1.54) is 5.56 Å². The SMILES string of the molecule is C[C@H]1SCCN(C(=O)c2ccc(CN)cc2)[C@@H]1c1ccccc1. The van der Waals surface area contributed by atoms with Gasteiger partial charge in [-0.2, -0.15) is 11.8 Å². The zero-order chi connectivity index (χ0) is 16.2. The van der Waals surface area contributed by atoms with E-state index in [4.69, 9.17) is 5.73 Å². The van der Waals surface area contributed by atoms with Gasteiger partial charge in [0.2, 0.25) is 0 Å². The Hall–Kier alpha value is -1.78. The normalized spacial score (nSPS) is 21.2. The average Bonchev–Trinajstić information content (AvgIpc) is 2.61. The molecular weight excluding hydrogens is 304 g/mol. The van der Waals surface area contributed by atoms with Crippen LogP contribution in [0.1, 0.15) is 34.5 Å². The van der Waals surface area contributed by atoms with Gasteiger partial charge in [-0.3, -0.25) is 4.79 Å². The summed E-state index contributed by atoms with van der Waals surface area (Å²) in [5, 5.41) is 0.387. The van der Waals surface area contributed by atoms with E-state index in [1.54, 1.807) is 0 Å². The zero-order valence-corrected chi connectivity index (χ0v) is 14.1. The van der Waals surface area contributed by atoms with Crippen molar-refractivity contribution >= 4 is 17.7 Å². The molecule has 3 nitrogen and oxygen atoms in total. The number of hydrogen-bond donors (Lipinski definition) is 1. The second kappa shape index (κ2) is 7.20. The summed E-state index contributed by atoms with van der Waals surface area (Å²) in [5.74, 6) is 1.09. The maximum Gasteiger partial charge on any atom is 0.254 e. The van der Waals surface area contributed by atoms with Crippen molar-refractivity contribution in [2.45, 2.75) is 24.8 Å². The third-order valence-corrected chi connectivity index (χ3v) is 5.53. The highest BCUT2D eigenvalue weighted by Crippen LogP contribution is 2.36. The number of amides is 1. The Morgan fingerprint density at radius 3 is 2.52 bits per heavy atom. The molecule has 0 aromatic heterocycles. The molecule has 0 radical (unpaired) electrons. The van der Waals surface area contributed by atoms with Crippen LogP contribution < -0.4 is 5.73 Å². The van der Waals surface area contributed by atoms with E-state index >= 15 is 0 Å². The molecule has 23 heavy (non-hydrogen) atoms. The molecule has 2 atom stereocenters. The van der Waals surface area contributed by atoms with E-state index in [0.29, 0.717) is 11.8 Å². The van der Waals surface area contributed by atoms with Crippen LogP contribution in [0.25, 0.3) is 0 Å². The number of benzene rings is 2. The molecule has 1 fully saturated rings. The molecule has 3 rings (SSSR count). The largest absolute Gasteiger partial charge is 0.330 e. The zero-order valence-electron chi connectivity index (χ0n) is 13.3. The number of nitrogens with two attached hydrogens (primary N) is 1. The molecule has 0 spiro atoms. The highest BCUT2D eigenvalue weighted by atomic mass is 32.2. The van der Waals surface area contributed by atoms with Crippen LogP contribution in [0, 0.1) is 0 Å². The van der Waals surface area contributed by atoms with Crippen LogP contribution in [0.3, 0.4) is 0 Å². The molecule has 0 aliphatic carbocycles. The lowest BCUT2D eigenvalue weighted by atomic mass is 10.0. The highest BCUT2D eigenvalue weighted by Gasteiger charge is 2.33. The fourth-order valence-corrected chi connectivity index (χ4v) is 4.26. The van der Waals surface area contributed by atoms with Gasteiger partial charge in [0.15, 0.2) is 0 Å². The van der Waals surface area contributed by atoms with Gasteiger partial charge < -0.3 is 10.6 Å². The molecule has 2 aromatic rings. The molecule has 0 bridgehead atoms. The van der Waals surface area contributed by atoms with Gasteiger partial charge in [0.25, 0.3) is 5.91 Å². The van der Waals surface area contributed by atoms with Crippen molar-refractivity contribution in [1.29, 1.82) is 0 Å². The van der Waals surface area contributed by atoms with Gasteiger partial charge in [-0.25, -0.2) is 0 Å². The van der Waals surface area contributed by atoms with Crippen LogP contribution in [0.4, 0.5) is 0 Å². The first kappa shape index (κ1) is 16.1. The van der Waals surface area contributed by atoms with Crippen LogP contribution in [0.5, 0.6) is 0 Å². The van der Waals surface area contributed by atoms with Crippen molar-refractivity contribution in [3.8, 4) is 0 Å². The third-order valence-electron chi connectivity index (χ3n) is 4.33. The first-order valence-corrected chi connectivity index (χ1v) is 9.02. The van der Waals surface area contributed by atoms with Crippen LogP contribution in [-0.2, 0) is 6.54 Å². The summed E-state index contributed by atoms with van der Waals surface area (Å²) >= 11 is 1.93. The van der Waals surface area contributed by atoms with Gasteiger partial charge in [-0.05, 0) is 23.3 Å². The number of thioether (sulfide) groups is 1. The summed E-state index contributed by atoms with van der Waals surface area (Å²) < 4.78 is 0. The maximum absolute atomic E-state index is 13.0. The van der Waals surface area contributed by atoms with E-state index in [1.807, 2.05) is 59.1 Å². The van der Waals surface area contributed by atoms with Crippen LogP contribution in [-0.4, -0.2) is 28.4 Å². The Labute approximate surface area is 141 Å². The van der Waals surface area contributed by atoms with Crippen LogP contribution in [0.2, 0.25) is 0 Å². The molecule has 1 heterocycles. The first-order chi connectivity index (χ1) is 11.2. The number of carbonyl (C=O) groups is 1. The molecule has 0 unspecified atom stereocenters. The summed E-state index contributed by atoms with van der Waals surface area (Å²) in [7, 11) is 0. The summed E-state index contributed by atoms with van der Waals surface area (Å²) in [6.07, 6.45) is 0. The van der Waals surface area contributed by atoms with E-state index in [2.05, 4.69) is 19.1 Å². The van der Waals surface area contributed by atoms with Gasteiger partial charge in [0.1, 0.15) is 0 Å². The predicted molar refractivity (Wildman–Crippen MR) is 96.5 cm³/mol. The number of carbonyl (C=O) groups excluding carboxylic acids is 1. The van der Waals surface area contributed by atoms with Crippen LogP contribution >= 0.6 is 11.8 Å². The molecule has 4 heteroatoms. The summed E-state index contributed by atoms with van der Waals surface area (Å²) in [6.45, 7) is 3.49. The average molecular weight is 326 g/mol. The van der Waals surface area contributed by atoms with Gasteiger partial charge in [-0.15, -0.1) is 0 Å². The van der Waals surface area contributed by atoms with E-state index in [-0.39, 0.29) is 11.9 Å².